The van der Waals surface area contributed by atoms with Crippen molar-refractivity contribution in [2.45, 2.75) is 18.7 Å². The maximum absolute atomic E-state index is 10.9. The van der Waals surface area contributed by atoms with E-state index in [-0.39, 0.29) is 4.90 Å². The molecule has 13 heavy (non-hydrogen) atoms. The predicted octanol–water partition coefficient (Wildman–Crippen LogP) is 2.20. The minimum Gasteiger partial charge on any atom is -0.282 e. The monoisotopic (exact) mass is 220 g/mol. The van der Waals surface area contributed by atoms with Gasteiger partial charge < -0.3 is 0 Å². The van der Waals surface area contributed by atoms with Crippen LogP contribution in [0.5, 0.6) is 0 Å². The molecule has 0 heterocycles. The van der Waals surface area contributed by atoms with Crippen LogP contribution in [0.4, 0.5) is 0 Å². The van der Waals surface area contributed by atoms with Crippen LogP contribution in [-0.2, 0) is 10.1 Å². The minimum atomic E-state index is -4.16. The third-order valence-corrected chi connectivity index (χ3v) is 3.09. The van der Waals surface area contributed by atoms with Gasteiger partial charge in [0.15, 0.2) is 0 Å². The number of benzene rings is 1. The highest BCUT2D eigenvalue weighted by molar-refractivity contribution is 7.85. The van der Waals surface area contributed by atoms with Crippen molar-refractivity contribution in [1.29, 1.82) is 0 Å². The second kappa shape index (κ2) is 3.29. The average Bonchev–Trinajstić information content (AvgIpc) is 1.94. The van der Waals surface area contributed by atoms with Crippen molar-refractivity contribution in [1.82, 2.24) is 0 Å². The zero-order chi connectivity index (χ0) is 10.2. The summed E-state index contributed by atoms with van der Waals surface area (Å²) in [6.45, 7) is 3.25. The Balaban J connectivity index is 3.56. The van der Waals surface area contributed by atoms with Crippen LogP contribution in [0.25, 0.3) is 0 Å². The van der Waals surface area contributed by atoms with E-state index in [4.69, 9.17) is 16.2 Å². The van der Waals surface area contributed by atoms with E-state index in [1.807, 2.05) is 0 Å². The SMILES string of the molecule is Cc1cc(Cl)c(C)c(S(=O)(=O)O)c1. The predicted molar refractivity (Wildman–Crippen MR) is 50.7 cm³/mol. The van der Waals surface area contributed by atoms with Crippen LogP contribution >= 0.6 is 11.6 Å². The first-order valence-corrected chi connectivity index (χ1v) is 5.38. The van der Waals surface area contributed by atoms with Gasteiger partial charge in [-0.1, -0.05) is 11.6 Å². The quantitative estimate of drug-likeness (QED) is 0.739. The molecular weight excluding hydrogens is 212 g/mol. The lowest BCUT2D eigenvalue weighted by Gasteiger charge is -2.05. The summed E-state index contributed by atoms with van der Waals surface area (Å²) in [6.07, 6.45) is 0. The van der Waals surface area contributed by atoms with Crippen molar-refractivity contribution in [3.05, 3.63) is 28.3 Å². The van der Waals surface area contributed by atoms with Crippen LogP contribution in [0.15, 0.2) is 17.0 Å². The summed E-state index contributed by atoms with van der Waals surface area (Å²) in [5, 5.41) is 0.340. The topological polar surface area (TPSA) is 54.4 Å². The van der Waals surface area contributed by atoms with Gasteiger partial charge in [0, 0.05) is 5.02 Å². The van der Waals surface area contributed by atoms with Crippen molar-refractivity contribution >= 4 is 21.7 Å². The van der Waals surface area contributed by atoms with E-state index >= 15 is 0 Å². The molecule has 0 saturated heterocycles. The van der Waals surface area contributed by atoms with Gasteiger partial charge >= 0.3 is 0 Å². The minimum absolute atomic E-state index is 0.127. The smallest absolute Gasteiger partial charge is 0.282 e. The molecule has 5 heteroatoms. The molecule has 1 rings (SSSR count). The van der Waals surface area contributed by atoms with E-state index < -0.39 is 10.1 Å². The maximum atomic E-state index is 10.9. The summed E-state index contributed by atoms with van der Waals surface area (Å²) in [5.41, 5.74) is 1.07. The van der Waals surface area contributed by atoms with Crippen molar-refractivity contribution in [3.8, 4) is 0 Å². The molecule has 1 aromatic rings. The Morgan fingerprint density at radius 2 is 1.85 bits per heavy atom. The third-order valence-electron chi connectivity index (χ3n) is 1.72. The summed E-state index contributed by atoms with van der Waals surface area (Å²) in [6, 6.07) is 3.03. The molecule has 0 radical (unpaired) electrons. The number of rotatable bonds is 1. The van der Waals surface area contributed by atoms with E-state index in [1.54, 1.807) is 19.9 Å². The first kappa shape index (κ1) is 10.5. The molecule has 0 amide bonds. The van der Waals surface area contributed by atoms with E-state index in [1.165, 1.54) is 6.07 Å². The van der Waals surface area contributed by atoms with Gasteiger partial charge in [-0.2, -0.15) is 8.42 Å². The fourth-order valence-corrected chi connectivity index (χ4v) is 2.21. The second-order valence-corrected chi connectivity index (χ2v) is 4.64. The molecule has 0 aromatic heterocycles. The summed E-state index contributed by atoms with van der Waals surface area (Å²) in [7, 11) is -4.16. The van der Waals surface area contributed by atoms with Gasteiger partial charge in [-0.15, -0.1) is 0 Å². The van der Waals surface area contributed by atoms with Crippen molar-refractivity contribution in [2.75, 3.05) is 0 Å². The normalized spacial score (nSPS) is 11.7. The molecule has 0 aliphatic rings. The van der Waals surface area contributed by atoms with Gasteiger partial charge in [-0.3, -0.25) is 4.55 Å². The van der Waals surface area contributed by atoms with Crippen LogP contribution in [0, 0.1) is 13.8 Å². The van der Waals surface area contributed by atoms with Gasteiger partial charge in [0.25, 0.3) is 10.1 Å². The Hall–Kier alpha value is -0.580. The molecule has 0 aliphatic carbocycles. The molecular formula is C8H9ClO3S. The number of aryl methyl sites for hydroxylation is 1. The second-order valence-electron chi connectivity index (χ2n) is 2.84. The Morgan fingerprint density at radius 3 is 2.31 bits per heavy atom. The lowest BCUT2D eigenvalue weighted by molar-refractivity contribution is 0.482. The van der Waals surface area contributed by atoms with Gasteiger partial charge in [0.1, 0.15) is 0 Å². The number of hydrogen-bond donors (Lipinski definition) is 1. The molecule has 0 spiro atoms. The summed E-state index contributed by atoms with van der Waals surface area (Å²) in [4.78, 5) is -0.127. The van der Waals surface area contributed by atoms with Crippen LogP contribution in [0.2, 0.25) is 5.02 Å². The number of halogens is 1. The molecule has 3 nitrogen and oxygen atoms in total. The Labute approximate surface area is 82.1 Å². The largest absolute Gasteiger partial charge is 0.294 e. The summed E-state index contributed by atoms with van der Waals surface area (Å²) >= 11 is 5.75. The van der Waals surface area contributed by atoms with E-state index in [2.05, 4.69) is 0 Å². The van der Waals surface area contributed by atoms with Crippen LogP contribution < -0.4 is 0 Å². The molecule has 0 bridgehead atoms. The fourth-order valence-electron chi connectivity index (χ4n) is 1.05. The highest BCUT2D eigenvalue weighted by Gasteiger charge is 2.15. The highest BCUT2D eigenvalue weighted by atomic mass is 35.5. The van der Waals surface area contributed by atoms with Gasteiger partial charge in [0.2, 0.25) is 0 Å². The van der Waals surface area contributed by atoms with Gasteiger partial charge in [-0.25, -0.2) is 0 Å². The van der Waals surface area contributed by atoms with E-state index in [9.17, 15) is 8.42 Å². The summed E-state index contributed by atoms with van der Waals surface area (Å²) < 4.78 is 30.5. The molecule has 0 fully saturated rings. The molecule has 1 aromatic carbocycles. The highest BCUT2D eigenvalue weighted by Crippen LogP contribution is 2.24. The average molecular weight is 221 g/mol. The van der Waals surface area contributed by atoms with Crippen molar-refractivity contribution in [3.63, 3.8) is 0 Å². The fraction of sp³-hybridized carbons (Fsp3) is 0.250. The Bertz CT molecular complexity index is 437. The zero-order valence-corrected chi connectivity index (χ0v) is 8.78. The molecule has 1 N–H and O–H groups in total. The van der Waals surface area contributed by atoms with Gasteiger partial charge in [-0.05, 0) is 37.1 Å². The molecule has 0 saturated carbocycles. The van der Waals surface area contributed by atoms with Crippen LogP contribution in [0.3, 0.4) is 0 Å². The molecule has 0 unspecified atom stereocenters. The Morgan fingerprint density at radius 1 is 1.31 bits per heavy atom. The molecule has 0 aliphatic heterocycles. The van der Waals surface area contributed by atoms with Crippen molar-refractivity contribution in [2.24, 2.45) is 0 Å². The molecule has 72 valence electrons. The Kier molecular flexibility index (Phi) is 2.66. The third kappa shape index (κ3) is 2.21. The zero-order valence-electron chi connectivity index (χ0n) is 7.20. The number of hydrogen-bond acceptors (Lipinski definition) is 2. The van der Waals surface area contributed by atoms with Gasteiger partial charge in [0.05, 0.1) is 4.90 Å². The van der Waals surface area contributed by atoms with Crippen LogP contribution in [0.1, 0.15) is 11.1 Å². The van der Waals surface area contributed by atoms with Crippen LogP contribution in [-0.4, -0.2) is 13.0 Å². The first-order chi connectivity index (χ1) is 5.82. The summed E-state index contributed by atoms with van der Waals surface area (Å²) in [5.74, 6) is 0. The first-order valence-electron chi connectivity index (χ1n) is 3.56. The van der Waals surface area contributed by atoms with E-state index in [0.717, 1.165) is 0 Å². The molecule has 0 atom stereocenters. The lowest BCUT2D eigenvalue weighted by atomic mass is 10.2. The van der Waals surface area contributed by atoms with E-state index in [0.29, 0.717) is 16.1 Å². The van der Waals surface area contributed by atoms with Crippen molar-refractivity contribution < 1.29 is 13.0 Å². The lowest BCUT2D eigenvalue weighted by Crippen LogP contribution is -2.01. The maximum Gasteiger partial charge on any atom is 0.294 e. The standard InChI is InChI=1S/C8H9ClO3S/c1-5-3-7(9)6(2)8(4-5)13(10,11)12/h3-4H,1-2H3,(H,10,11,12).